The van der Waals surface area contributed by atoms with E-state index in [4.69, 9.17) is 5.11 Å². The van der Waals surface area contributed by atoms with E-state index in [1.54, 1.807) is 28.5 Å². The molecule has 1 amide bonds. The summed E-state index contributed by atoms with van der Waals surface area (Å²) in [6, 6.07) is 9.75. The molecule has 4 nitrogen and oxygen atoms in total. The van der Waals surface area contributed by atoms with Crippen LogP contribution in [-0.4, -0.2) is 34.0 Å². The second-order valence-corrected chi connectivity index (χ2v) is 5.85. The van der Waals surface area contributed by atoms with Gasteiger partial charge in [-0.1, -0.05) is 30.3 Å². The minimum absolute atomic E-state index is 0.0495. The molecule has 1 aromatic heterocycles. The van der Waals surface area contributed by atoms with E-state index in [1.165, 1.54) is 6.08 Å². The fraction of sp³-hybridized carbons (Fsp3) is 0.250. The quantitative estimate of drug-likeness (QED) is 0.834. The number of nitrogens with zero attached hydrogens (tertiary/aromatic N) is 2. The number of carbonyl (C=O) groups excluding carboxylic acids is 1. The number of aliphatic hydroxyl groups excluding tert-OH is 1. The number of aryl methyl sites for hydroxylation is 1. The molecule has 0 unspecified atom stereocenters. The molecule has 2 rings (SSSR count). The summed E-state index contributed by atoms with van der Waals surface area (Å²) in [5.41, 5.74) is 1.04. The first-order valence-electron chi connectivity index (χ1n) is 6.73. The summed E-state index contributed by atoms with van der Waals surface area (Å²) in [6.45, 7) is 2.69. The largest absolute Gasteiger partial charge is 0.395 e. The summed E-state index contributed by atoms with van der Waals surface area (Å²) >= 11 is 1.54. The van der Waals surface area contributed by atoms with Crippen LogP contribution in [0.15, 0.2) is 42.6 Å². The van der Waals surface area contributed by atoms with Crippen molar-refractivity contribution in [3.8, 4) is 0 Å². The fourth-order valence-electron chi connectivity index (χ4n) is 1.91. The molecule has 0 saturated carbocycles. The third kappa shape index (κ3) is 4.81. The lowest BCUT2D eigenvalue weighted by atomic mass is 10.2. The maximum atomic E-state index is 12.2. The zero-order valence-electron chi connectivity index (χ0n) is 11.9. The van der Waals surface area contributed by atoms with E-state index in [9.17, 15) is 4.79 Å². The maximum Gasteiger partial charge on any atom is 0.246 e. The van der Waals surface area contributed by atoms with Gasteiger partial charge in [0.1, 0.15) is 0 Å². The smallest absolute Gasteiger partial charge is 0.246 e. The van der Waals surface area contributed by atoms with Gasteiger partial charge in [0.25, 0.3) is 0 Å². The van der Waals surface area contributed by atoms with Crippen LogP contribution >= 0.6 is 11.3 Å². The van der Waals surface area contributed by atoms with E-state index in [1.807, 2.05) is 37.3 Å². The minimum Gasteiger partial charge on any atom is -0.395 e. The fourth-order valence-corrected chi connectivity index (χ4v) is 2.59. The number of benzene rings is 1. The summed E-state index contributed by atoms with van der Waals surface area (Å²) in [6.07, 6.45) is 5.05. The number of hydrogen-bond donors (Lipinski definition) is 1. The van der Waals surface area contributed by atoms with E-state index < -0.39 is 0 Å². The molecule has 21 heavy (non-hydrogen) atoms. The SMILES string of the molecule is Cc1ncc(/C=C/C(=O)N(CCO)Cc2ccccc2)s1. The zero-order chi connectivity index (χ0) is 15.1. The van der Waals surface area contributed by atoms with Crippen molar-refractivity contribution in [2.45, 2.75) is 13.5 Å². The molecule has 5 heteroatoms. The van der Waals surface area contributed by atoms with Gasteiger partial charge in [-0.2, -0.15) is 0 Å². The van der Waals surface area contributed by atoms with Crippen LogP contribution in [0.1, 0.15) is 15.4 Å². The van der Waals surface area contributed by atoms with Gasteiger partial charge in [0, 0.05) is 30.2 Å². The highest BCUT2D eigenvalue weighted by atomic mass is 32.1. The van der Waals surface area contributed by atoms with Crippen LogP contribution in [0.25, 0.3) is 6.08 Å². The maximum absolute atomic E-state index is 12.2. The van der Waals surface area contributed by atoms with Crippen molar-refractivity contribution in [1.82, 2.24) is 9.88 Å². The normalized spacial score (nSPS) is 11.0. The number of rotatable bonds is 6. The van der Waals surface area contributed by atoms with E-state index in [2.05, 4.69) is 4.98 Å². The lowest BCUT2D eigenvalue weighted by Crippen LogP contribution is -2.31. The van der Waals surface area contributed by atoms with E-state index in [-0.39, 0.29) is 12.5 Å². The van der Waals surface area contributed by atoms with Gasteiger partial charge >= 0.3 is 0 Å². The summed E-state index contributed by atoms with van der Waals surface area (Å²) in [7, 11) is 0. The Morgan fingerprint density at radius 1 is 1.38 bits per heavy atom. The average Bonchev–Trinajstić information content (AvgIpc) is 2.91. The first-order valence-corrected chi connectivity index (χ1v) is 7.55. The van der Waals surface area contributed by atoms with Crippen molar-refractivity contribution in [2.75, 3.05) is 13.2 Å². The van der Waals surface area contributed by atoms with Gasteiger partial charge in [-0.15, -0.1) is 11.3 Å². The monoisotopic (exact) mass is 302 g/mol. The van der Waals surface area contributed by atoms with Crippen molar-refractivity contribution in [1.29, 1.82) is 0 Å². The molecular weight excluding hydrogens is 284 g/mol. The van der Waals surface area contributed by atoms with Gasteiger partial charge in [0.05, 0.1) is 11.6 Å². The standard InChI is InChI=1S/C16H18N2O2S/c1-13-17-11-15(21-13)7-8-16(20)18(9-10-19)12-14-5-3-2-4-6-14/h2-8,11,19H,9-10,12H2,1H3/b8-7+. The van der Waals surface area contributed by atoms with Crippen LogP contribution in [0.3, 0.4) is 0 Å². The Labute approximate surface area is 128 Å². The number of aliphatic hydroxyl groups is 1. The Bertz CT molecular complexity index is 608. The third-order valence-electron chi connectivity index (χ3n) is 2.93. The van der Waals surface area contributed by atoms with Crippen LogP contribution in [0.5, 0.6) is 0 Å². The Balaban J connectivity index is 2.03. The van der Waals surface area contributed by atoms with E-state index in [0.29, 0.717) is 13.1 Å². The number of thiazole rings is 1. The minimum atomic E-state index is -0.112. The lowest BCUT2D eigenvalue weighted by Gasteiger charge is -2.20. The Kier molecular flexibility index (Phi) is 5.66. The van der Waals surface area contributed by atoms with Crippen LogP contribution < -0.4 is 0 Å². The predicted molar refractivity (Wildman–Crippen MR) is 84.8 cm³/mol. The zero-order valence-corrected chi connectivity index (χ0v) is 12.7. The number of hydrogen-bond acceptors (Lipinski definition) is 4. The van der Waals surface area contributed by atoms with E-state index >= 15 is 0 Å². The first kappa shape index (κ1) is 15.4. The lowest BCUT2D eigenvalue weighted by molar-refractivity contribution is -0.127. The van der Waals surface area contributed by atoms with Crippen LogP contribution in [0.4, 0.5) is 0 Å². The highest BCUT2D eigenvalue weighted by Crippen LogP contribution is 2.13. The van der Waals surface area contributed by atoms with Crippen molar-refractivity contribution in [2.24, 2.45) is 0 Å². The highest BCUT2D eigenvalue weighted by Gasteiger charge is 2.10. The number of aromatic nitrogens is 1. The molecular formula is C16H18N2O2S. The highest BCUT2D eigenvalue weighted by molar-refractivity contribution is 7.12. The van der Waals surface area contributed by atoms with Gasteiger partial charge in [0.15, 0.2) is 0 Å². The molecule has 0 aliphatic heterocycles. The molecule has 0 aliphatic rings. The van der Waals surface area contributed by atoms with E-state index in [0.717, 1.165) is 15.4 Å². The Morgan fingerprint density at radius 3 is 2.76 bits per heavy atom. The second-order valence-electron chi connectivity index (χ2n) is 4.58. The first-order chi connectivity index (χ1) is 10.2. The van der Waals surface area contributed by atoms with Crippen molar-refractivity contribution in [3.63, 3.8) is 0 Å². The summed E-state index contributed by atoms with van der Waals surface area (Å²) in [5.74, 6) is -0.112. The molecule has 0 fully saturated rings. The van der Waals surface area contributed by atoms with Gasteiger partial charge < -0.3 is 10.0 Å². The molecule has 0 radical (unpaired) electrons. The molecule has 0 spiro atoms. The molecule has 1 aromatic carbocycles. The van der Waals surface area contributed by atoms with Crippen LogP contribution in [-0.2, 0) is 11.3 Å². The summed E-state index contributed by atoms with van der Waals surface area (Å²) in [5, 5.41) is 10.1. The summed E-state index contributed by atoms with van der Waals surface area (Å²) in [4.78, 5) is 18.9. The molecule has 110 valence electrons. The molecule has 2 aromatic rings. The van der Waals surface area contributed by atoms with Gasteiger partial charge in [-0.3, -0.25) is 4.79 Å². The molecule has 1 heterocycles. The molecule has 0 atom stereocenters. The van der Waals surface area contributed by atoms with Gasteiger partial charge in [-0.05, 0) is 18.6 Å². The molecule has 0 bridgehead atoms. The topological polar surface area (TPSA) is 53.4 Å². The Hall–Kier alpha value is -1.98. The second kappa shape index (κ2) is 7.71. The number of carbonyl (C=O) groups is 1. The third-order valence-corrected chi connectivity index (χ3v) is 3.81. The molecule has 0 saturated heterocycles. The Morgan fingerprint density at radius 2 is 2.14 bits per heavy atom. The van der Waals surface area contributed by atoms with Crippen LogP contribution in [0.2, 0.25) is 0 Å². The van der Waals surface area contributed by atoms with Crippen LogP contribution in [0, 0.1) is 6.92 Å². The van der Waals surface area contributed by atoms with Crippen molar-refractivity contribution in [3.05, 3.63) is 58.1 Å². The predicted octanol–water partition coefficient (Wildman–Crippen LogP) is 2.49. The molecule has 0 aliphatic carbocycles. The molecule has 1 N–H and O–H groups in total. The number of amides is 1. The van der Waals surface area contributed by atoms with Gasteiger partial charge in [0.2, 0.25) is 5.91 Å². The van der Waals surface area contributed by atoms with Gasteiger partial charge in [-0.25, -0.2) is 4.98 Å². The van der Waals surface area contributed by atoms with Crippen molar-refractivity contribution < 1.29 is 9.90 Å². The average molecular weight is 302 g/mol. The summed E-state index contributed by atoms with van der Waals surface area (Å²) < 4.78 is 0. The van der Waals surface area contributed by atoms with Crippen molar-refractivity contribution >= 4 is 23.3 Å².